The third-order valence-corrected chi connectivity index (χ3v) is 10.4. The summed E-state index contributed by atoms with van der Waals surface area (Å²) in [5, 5.41) is 22.5. The minimum atomic E-state index is -0.744. The number of carbonyl (C=O) groups is 2. The van der Waals surface area contributed by atoms with E-state index in [2.05, 4.69) is 20.5 Å². The van der Waals surface area contributed by atoms with Crippen LogP contribution in [0.25, 0.3) is 44.5 Å². The summed E-state index contributed by atoms with van der Waals surface area (Å²) in [7, 11) is 3.50. The molecule has 3 aromatic heterocycles. The number of halogens is 2. The van der Waals surface area contributed by atoms with Gasteiger partial charge < -0.3 is 20.5 Å². The number of pyridine rings is 2. The number of fused-ring (bicyclic) bond motifs is 1. The number of carboxylic acids is 1. The van der Waals surface area contributed by atoms with E-state index in [0.717, 1.165) is 57.4 Å². The molecule has 2 aliphatic heterocycles. The Labute approximate surface area is 299 Å². The highest BCUT2D eigenvalue weighted by Gasteiger charge is 2.29. The number of rotatable bonds is 11. The molecule has 0 saturated carbocycles. The number of hydrogen-bond acceptors (Lipinski definition) is 8. The summed E-state index contributed by atoms with van der Waals surface area (Å²) in [6, 6.07) is 17.7. The van der Waals surface area contributed by atoms with Gasteiger partial charge in [-0.25, -0.2) is 4.98 Å². The molecule has 1 amide bonds. The van der Waals surface area contributed by atoms with Gasteiger partial charge in [-0.3, -0.25) is 24.2 Å². The second-order valence-corrected chi connectivity index (χ2v) is 13.6. The smallest absolute Gasteiger partial charge is 0.307 e. The van der Waals surface area contributed by atoms with E-state index in [-0.39, 0.29) is 17.9 Å². The molecule has 2 atom stereocenters. The summed E-state index contributed by atoms with van der Waals surface area (Å²) in [6.45, 7) is 3.07. The van der Waals surface area contributed by atoms with E-state index >= 15 is 0 Å². The molecule has 0 radical (unpaired) electrons. The Bertz CT molecular complexity index is 2100. The van der Waals surface area contributed by atoms with Crippen LogP contribution in [0.2, 0.25) is 10.0 Å². The van der Waals surface area contributed by atoms with Gasteiger partial charge in [0.15, 0.2) is 0 Å². The van der Waals surface area contributed by atoms with Gasteiger partial charge in [-0.2, -0.15) is 5.10 Å². The predicted octanol–water partition coefficient (Wildman–Crippen LogP) is 5.95. The largest absolute Gasteiger partial charge is 0.481 e. The van der Waals surface area contributed by atoms with Crippen LogP contribution in [0.15, 0.2) is 60.8 Å². The fourth-order valence-corrected chi connectivity index (χ4v) is 7.57. The van der Waals surface area contributed by atoms with Gasteiger partial charge in [-0.05, 0) is 37.6 Å². The van der Waals surface area contributed by atoms with Gasteiger partial charge in [-0.1, -0.05) is 59.6 Å². The van der Waals surface area contributed by atoms with Crippen LogP contribution in [-0.2, 0) is 29.7 Å². The summed E-state index contributed by atoms with van der Waals surface area (Å²) < 4.78 is 7.49. The molecule has 0 aliphatic carbocycles. The molecule has 0 unspecified atom stereocenters. The molecule has 258 valence electrons. The van der Waals surface area contributed by atoms with Crippen molar-refractivity contribution in [2.45, 2.75) is 38.4 Å². The molecule has 2 aliphatic rings. The van der Waals surface area contributed by atoms with Gasteiger partial charge in [0.2, 0.25) is 11.8 Å². The number of hydrogen-bond donors (Lipinski definition) is 3. The minimum Gasteiger partial charge on any atom is -0.481 e. The molecule has 7 rings (SSSR count). The fourth-order valence-electron chi connectivity index (χ4n) is 6.92. The second-order valence-electron chi connectivity index (χ2n) is 12.8. The van der Waals surface area contributed by atoms with E-state index in [4.69, 9.17) is 38.0 Å². The summed E-state index contributed by atoms with van der Waals surface area (Å²) >= 11 is 14.2. The Balaban J connectivity index is 1.13. The van der Waals surface area contributed by atoms with Gasteiger partial charge in [0.25, 0.3) is 0 Å². The van der Waals surface area contributed by atoms with Crippen LogP contribution < -0.4 is 15.4 Å². The normalized spacial score (nSPS) is 17.8. The van der Waals surface area contributed by atoms with Crippen molar-refractivity contribution in [3.63, 3.8) is 0 Å². The molecule has 5 heterocycles. The number of amides is 1. The number of aliphatic carboxylic acids is 1. The molecule has 2 aromatic carbocycles. The van der Waals surface area contributed by atoms with Gasteiger partial charge in [-0.15, -0.1) is 0 Å². The molecule has 2 fully saturated rings. The van der Waals surface area contributed by atoms with Crippen LogP contribution in [0.4, 0.5) is 0 Å². The van der Waals surface area contributed by atoms with Crippen LogP contribution in [-0.4, -0.2) is 74.4 Å². The summed E-state index contributed by atoms with van der Waals surface area (Å²) in [5.74, 6) is -0.489. The fraction of sp³-hybridized carbons (Fsp3) is 0.324. The average molecular weight is 715 g/mol. The summed E-state index contributed by atoms with van der Waals surface area (Å²) in [5.41, 5.74) is 7.08. The second kappa shape index (κ2) is 14.4. The quantitative estimate of drug-likeness (QED) is 0.152. The first-order valence-corrected chi connectivity index (χ1v) is 17.3. The van der Waals surface area contributed by atoms with Crippen molar-refractivity contribution in [1.82, 2.24) is 35.3 Å². The lowest BCUT2D eigenvalue weighted by molar-refractivity contribution is -0.141. The van der Waals surface area contributed by atoms with Crippen molar-refractivity contribution in [3.05, 3.63) is 82.1 Å². The van der Waals surface area contributed by atoms with Crippen LogP contribution in [0.3, 0.4) is 0 Å². The van der Waals surface area contributed by atoms with E-state index in [0.29, 0.717) is 66.3 Å². The number of benzene rings is 2. The Morgan fingerprint density at radius 1 is 1.08 bits per heavy atom. The number of carboxylic acid groups (broad SMARTS) is 1. The first-order valence-electron chi connectivity index (χ1n) is 16.6. The predicted molar refractivity (Wildman–Crippen MR) is 193 cm³/mol. The van der Waals surface area contributed by atoms with E-state index in [1.165, 1.54) is 0 Å². The van der Waals surface area contributed by atoms with Crippen molar-refractivity contribution in [3.8, 4) is 39.5 Å². The molecule has 50 heavy (non-hydrogen) atoms. The van der Waals surface area contributed by atoms with Crippen LogP contribution in [0.1, 0.15) is 30.5 Å². The molecule has 3 N–H and O–H groups in total. The maximum Gasteiger partial charge on any atom is 0.307 e. The standard InChI is InChI=1S/C37H37Cl2N7O4/c1-45-31-16-21(6-9-27(31)30(44-45)20-46-15-13-23(19-46)37(48)49)35-34(39)26(12-14-41-35)25-4-3-5-28(33(25)38)29-10-7-22(36(43-29)50-2)17-40-18-24-8-11-32(47)42-24/h3-7,9-10,12,14,16,23-24,40H,8,11,13,15,17-20H2,1-2H3,(H,42,47)(H,48,49)/t23-,24-/m1/s1. The molecular formula is C37H37Cl2N7O4. The number of carbonyl (C=O) groups excluding carboxylic acids is 1. The highest BCUT2D eigenvalue weighted by Crippen LogP contribution is 2.42. The first kappa shape index (κ1) is 33.9. The van der Waals surface area contributed by atoms with E-state index in [1.54, 1.807) is 13.3 Å². The Kier molecular flexibility index (Phi) is 9.74. The monoisotopic (exact) mass is 713 g/mol. The number of nitrogens with one attached hydrogen (secondary N) is 2. The van der Waals surface area contributed by atoms with E-state index < -0.39 is 5.97 Å². The number of likely N-dealkylation sites (tertiary alicyclic amines) is 1. The van der Waals surface area contributed by atoms with Gasteiger partial charge in [0.1, 0.15) is 0 Å². The number of ether oxygens (including phenoxy) is 1. The highest BCUT2D eigenvalue weighted by atomic mass is 35.5. The van der Waals surface area contributed by atoms with Gasteiger partial charge in [0, 0.05) is 85.1 Å². The lowest BCUT2D eigenvalue weighted by atomic mass is 9.99. The molecule has 13 heteroatoms. The van der Waals surface area contributed by atoms with Gasteiger partial charge in [0.05, 0.1) is 45.7 Å². The zero-order valence-corrected chi connectivity index (χ0v) is 29.3. The maximum atomic E-state index is 11.5. The third kappa shape index (κ3) is 6.78. The molecule has 0 spiro atoms. The van der Waals surface area contributed by atoms with Crippen LogP contribution >= 0.6 is 23.2 Å². The van der Waals surface area contributed by atoms with Crippen molar-refractivity contribution in [1.29, 1.82) is 0 Å². The molecule has 2 saturated heterocycles. The molecule has 0 bridgehead atoms. The van der Waals surface area contributed by atoms with Crippen LogP contribution in [0, 0.1) is 5.92 Å². The lowest BCUT2D eigenvalue weighted by Crippen LogP contribution is -2.35. The maximum absolute atomic E-state index is 11.5. The SMILES string of the molecule is COc1nc(-c2cccc(-c3ccnc(-c4ccc5c(CN6CC[C@@H](C(=O)O)C6)nn(C)c5c4)c3Cl)c2Cl)ccc1CNC[C@H]1CCC(=O)N1. The van der Waals surface area contributed by atoms with Gasteiger partial charge >= 0.3 is 5.97 Å². The molecule has 5 aromatic rings. The average Bonchev–Trinajstić information content (AvgIpc) is 3.84. The number of methoxy groups -OCH3 is 1. The van der Waals surface area contributed by atoms with Crippen molar-refractivity contribution >= 4 is 46.0 Å². The van der Waals surface area contributed by atoms with Crippen molar-refractivity contribution < 1.29 is 19.4 Å². The first-order chi connectivity index (χ1) is 24.2. The van der Waals surface area contributed by atoms with E-state index in [9.17, 15) is 14.7 Å². The zero-order valence-electron chi connectivity index (χ0n) is 27.7. The zero-order chi connectivity index (χ0) is 34.9. The lowest BCUT2D eigenvalue weighted by Gasteiger charge is -2.15. The van der Waals surface area contributed by atoms with Crippen LogP contribution in [0.5, 0.6) is 5.88 Å². The number of nitrogens with zero attached hydrogens (tertiary/aromatic N) is 5. The Hall–Kier alpha value is -4.55. The summed E-state index contributed by atoms with van der Waals surface area (Å²) in [4.78, 5) is 34.6. The number of aromatic nitrogens is 4. The van der Waals surface area contributed by atoms with Crippen molar-refractivity contribution in [2.24, 2.45) is 13.0 Å². The van der Waals surface area contributed by atoms with Crippen molar-refractivity contribution in [2.75, 3.05) is 26.7 Å². The minimum absolute atomic E-state index is 0.0950. The summed E-state index contributed by atoms with van der Waals surface area (Å²) in [6.07, 6.45) is 3.77. The Morgan fingerprint density at radius 3 is 2.66 bits per heavy atom. The molecule has 11 nitrogen and oxygen atoms in total. The topological polar surface area (TPSA) is 134 Å². The third-order valence-electron chi connectivity index (χ3n) is 9.57. The molecular weight excluding hydrogens is 677 g/mol. The highest BCUT2D eigenvalue weighted by molar-refractivity contribution is 6.39. The Morgan fingerprint density at radius 2 is 1.90 bits per heavy atom. The number of aryl methyl sites for hydroxylation is 1. The van der Waals surface area contributed by atoms with E-state index in [1.807, 2.05) is 66.3 Å².